The van der Waals surface area contributed by atoms with Gasteiger partial charge >= 0.3 is 0 Å². The van der Waals surface area contributed by atoms with Crippen LogP contribution in [-0.4, -0.2) is 19.9 Å². The molecule has 1 atom stereocenters. The van der Waals surface area contributed by atoms with E-state index in [4.69, 9.17) is 4.84 Å². The van der Waals surface area contributed by atoms with Gasteiger partial charge in [-0.3, -0.25) is 0 Å². The molecule has 1 unspecified atom stereocenters. The molecule has 1 aliphatic carbocycles. The summed E-state index contributed by atoms with van der Waals surface area (Å²) in [5.41, 5.74) is 8.45. The van der Waals surface area contributed by atoms with Crippen LogP contribution < -0.4 is 0 Å². The highest BCUT2D eigenvalue weighted by Crippen LogP contribution is 2.40. The zero-order valence-corrected chi connectivity index (χ0v) is 21.2. The first-order valence-corrected chi connectivity index (χ1v) is 14.3. The maximum atomic E-state index is 6.10. The van der Waals surface area contributed by atoms with Crippen LogP contribution in [-0.2, 0) is 11.3 Å². The molecule has 1 aromatic rings. The summed E-state index contributed by atoms with van der Waals surface area (Å²) in [5, 5.41) is 4.58. The van der Waals surface area contributed by atoms with Crippen LogP contribution in [0, 0.1) is 11.5 Å². The summed E-state index contributed by atoms with van der Waals surface area (Å²) < 4.78 is 0. The van der Waals surface area contributed by atoms with Gasteiger partial charge < -0.3 is 4.84 Å². The minimum absolute atomic E-state index is 0.0744. The van der Waals surface area contributed by atoms with Crippen molar-refractivity contribution in [3.63, 3.8) is 0 Å². The molecule has 30 heavy (non-hydrogen) atoms. The van der Waals surface area contributed by atoms with Crippen LogP contribution in [0.3, 0.4) is 0 Å². The van der Waals surface area contributed by atoms with Crippen molar-refractivity contribution in [1.29, 1.82) is 0 Å². The molecule has 0 bridgehead atoms. The summed E-state index contributed by atoms with van der Waals surface area (Å²) in [6.07, 6.45) is 8.87. The van der Waals surface area contributed by atoms with E-state index in [0.717, 1.165) is 32.1 Å². The standard InChI is InChI=1S/C27H43NOSi/c1-22(2)30(23(3)4,24(5)6)21-13-18-27(20-19-25-14-9-7-10-15-25)29-28-26-16-11-8-12-17-26/h7,9-10,14-15,22-24,27H,8,11-12,16-20H2,1-6H3. The minimum Gasteiger partial charge on any atom is -0.392 e. The van der Waals surface area contributed by atoms with Crippen molar-refractivity contribution < 1.29 is 4.84 Å². The fourth-order valence-corrected chi connectivity index (χ4v) is 10.4. The third-order valence-corrected chi connectivity index (χ3v) is 13.2. The van der Waals surface area contributed by atoms with E-state index in [9.17, 15) is 0 Å². The second-order valence-electron chi connectivity index (χ2n) is 9.87. The van der Waals surface area contributed by atoms with Gasteiger partial charge in [0.1, 0.15) is 14.2 Å². The number of oxime groups is 1. The fraction of sp³-hybridized carbons (Fsp3) is 0.667. The molecule has 2 nitrogen and oxygen atoms in total. The molecule has 1 saturated carbocycles. The van der Waals surface area contributed by atoms with Crippen molar-refractivity contribution >= 4 is 13.8 Å². The van der Waals surface area contributed by atoms with Crippen molar-refractivity contribution in [3.8, 4) is 11.5 Å². The number of nitrogens with zero attached hydrogens (tertiary/aromatic N) is 1. The zero-order chi connectivity index (χ0) is 22.0. The second kappa shape index (κ2) is 12.4. The summed E-state index contributed by atoms with van der Waals surface area (Å²) >= 11 is 0. The van der Waals surface area contributed by atoms with Gasteiger partial charge in [0.15, 0.2) is 0 Å². The lowest BCUT2D eigenvalue weighted by Crippen LogP contribution is -2.43. The van der Waals surface area contributed by atoms with Crippen LogP contribution in [0.2, 0.25) is 16.6 Å². The molecular formula is C27H43NOSi. The van der Waals surface area contributed by atoms with Crippen LogP contribution in [0.4, 0.5) is 0 Å². The molecule has 166 valence electrons. The summed E-state index contributed by atoms with van der Waals surface area (Å²) in [7, 11) is -1.69. The van der Waals surface area contributed by atoms with Crippen LogP contribution in [0.15, 0.2) is 35.5 Å². The fourth-order valence-electron chi connectivity index (χ4n) is 5.12. The Morgan fingerprint density at radius 1 is 0.900 bits per heavy atom. The van der Waals surface area contributed by atoms with E-state index in [1.54, 1.807) is 0 Å². The number of hydrogen-bond acceptors (Lipinski definition) is 2. The molecule has 1 aromatic carbocycles. The van der Waals surface area contributed by atoms with Crippen LogP contribution in [0.25, 0.3) is 0 Å². The maximum absolute atomic E-state index is 6.10. The Morgan fingerprint density at radius 2 is 1.50 bits per heavy atom. The molecule has 0 saturated heterocycles. The number of rotatable bonds is 9. The molecular weight excluding hydrogens is 382 g/mol. The maximum Gasteiger partial charge on any atom is 0.145 e. The molecule has 0 heterocycles. The summed E-state index contributed by atoms with van der Waals surface area (Å²) in [5.74, 6) is 3.61. The van der Waals surface area contributed by atoms with E-state index in [2.05, 4.69) is 88.5 Å². The molecule has 0 N–H and O–H groups in total. The van der Waals surface area contributed by atoms with Crippen molar-refractivity contribution in [1.82, 2.24) is 0 Å². The largest absolute Gasteiger partial charge is 0.392 e. The SMILES string of the molecule is CC(C)[Si](C#CCC(CCc1ccccc1)ON=C1CCCCC1)(C(C)C)C(C)C. The number of benzene rings is 1. The Bertz CT molecular complexity index is 682. The van der Waals surface area contributed by atoms with E-state index in [1.807, 2.05) is 0 Å². The predicted molar refractivity (Wildman–Crippen MR) is 134 cm³/mol. The van der Waals surface area contributed by atoms with Gasteiger partial charge in [-0.25, -0.2) is 0 Å². The Balaban J connectivity index is 2.12. The average molecular weight is 426 g/mol. The van der Waals surface area contributed by atoms with Crippen molar-refractivity contribution in [2.75, 3.05) is 0 Å². The summed E-state index contributed by atoms with van der Waals surface area (Å²) in [6.45, 7) is 14.2. The van der Waals surface area contributed by atoms with Gasteiger partial charge in [-0.15, -0.1) is 11.5 Å². The zero-order valence-electron chi connectivity index (χ0n) is 20.2. The highest BCUT2D eigenvalue weighted by molar-refractivity contribution is 6.90. The van der Waals surface area contributed by atoms with Crippen LogP contribution in [0.5, 0.6) is 0 Å². The van der Waals surface area contributed by atoms with E-state index in [1.165, 1.54) is 30.5 Å². The van der Waals surface area contributed by atoms with Gasteiger partial charge in [0.05, 0.1) is 5.71 Å². The average Bonchev–Trinajstić information content (AvgIpc) is 2.73. The molecule has 3 heteroatoms. The van der Waals surface area contributed by atoms with Gasteiger partial charge in [0, 0.05) is 6.42 Å². The summed E-state index contributed by atoms with van der Waals surface area (Å²) in [6, 6.07) is 10.7. The number of aryl methyl sites for hydroxylation is 1. The monoisotopic (exact) mass is 425 g/mol. The molecule has 2 rings (SSSR count). The van der Waals surface area contributed by atoms with Gasteiger partial charge in [0.25, 0.3) is 0 Å². The second-order valence-corrected chi connectivity index (χ2v) is 15.5. The molecule has 1 aliphatic rings. The van der Waals surface area contributed by atoms with Gasteiger partial charge in [-0.2, -0.15) is 0 Å². The van der Waals surface area contributed by atoms with Crippen molar-refractivity contribution in [3.05, 3.63) is 35.9 Å². The lowest BCUT2D eigenvalue weighted by molar-refractivity contribution is 0.0556. The molecule has 0 spiro atoms. The summed E-state index contributed by atoms with van der Waals surface area (Å²) in [4.78, 5) is 6.10. The third-order valence-electron chi connectivity index (χ3n) is 6.86. The normalized spacial score (nSPS) is 15.8. The van der Waals surface area contributed by atoms with E-state index in [0.29, 0.717) is 16.6 Å². The highest BCUT2D eigenvalue weighted by atomic mass is 28.3. The first-order valence-electron chi connectivity index (χ1n) is 12.1. The van der Waals surface area contributed by atoms with Gasteiger partial charge in [-0.05, 0) is 60.7 Å². The van der Waals surface area contributed by atoms with Crippen LogP contribution in [0.1, 0.15) is 92.1 Å². The molecule has 1 fully saturated rings. The van der Waals surface area contributed by atoms with E-state index in [-0.39, 0.29) is 6.10 Å². The Hall–Kier alpha value is -1.53. The number of hydrogen-bond donors (Lipinski definition) is 0. The Morgan fingerprint density at radius 3 is 2.07 bits per heavy atom. The Labute approximate surface area is 186 Å². The first kappa shape index (κ1) is 24.7. The molecule has 0 amide bonds. The quantitative estimate of drug-likeness (QED) is 0.223. The molecule has 0 aliphatic heterocycles. The topological polar surface area (TPSA) is 21.6 Å². The lowest BCUT2D eigenvalue weighted by Gasteiger charge is -2.38. The van der Waals surface area contributed by atoms with E-state index < -0.39 is 8.07 Å². The highest BCUT2D eigenvalue weighted by Gasteiger charge is 2.41. The minimum atomic E-state index is -1.69. The molecule has 0 radical (unpaired) electrons. The van der Waals surface area contributed by atoms with E-state index >= 15 is 0 Å². The van der Waals surface area contributed by atoms with Crippen molar-refractivity contribution in [2.24, 2.45) is 5.16 Å². The van der Waals surface area contributed by atoms with Gasteiger partial charge in [0.2, 0.25) is 0 Å². The Kier molecular flexibility index (Phi) is 10.2. The molecule has 0 aromatic heterocycles. The predicted octanol–water partition coefficient (Wildman–Crippen LogP) is 7.94. The smallest absolute Gasteiger partial charge is 0.145 e. The first-order chi connectivity index (χ1) is 14.4. The lowest BCUT2D eigenvalue weighted by atomic mass is 9.99. The van der Waals surface area contributed by atoms with Crippen LogP contribution >= 0.6 is 0 Å². The third kappa shape index (κ3) is 7.01. The van der Waals surface area contributed by atoms with Crippen molar-refractivity contribution in [2.45, 2.75) is 116 Å². The van der Waals surface area contributed by atoms with Gasteiger partial charge in [-0.1, -0.05) is 83.5 Å².